The van der Waals surface area contributed by atoms with E-state index < -0.39 is 0 Å². The third-order valence-electron chi connectivity index (χ3n) is 3.10. The topological polar surface area (TPSA) is 34.4 Å². The van der Waals surface area contributed by atoms with Crippen LogP contribution in [0.15, 0.2) is 53.7 Å². The van der Waals surface area contributed by atoms with Gasteiger partial charge in [0.25, 0.3) is 0 Å². The molecule has 0 fully saturated rings. The first-order valence-electron chi connectivity index (χ1n) is 5.60. The van der Waals surface area contributed by atoms with Gasteiger partial charge >= 0.3 is 0 Å². The largest absolute Gasteiger partial charge is 0.334 e. The quantitative estimate of drug-likeness (QED) is 0.721. The number of nitrogens with zero attached hydrogens (tertiary/aromatic N) is 2. The average molecular weight is 224 g/mol. The minimum atomic E-state index is -0.243. The molecule has 17 heavy (non-hydrogen) atoms. The Kier molecular flexibility index (Phi) is 2.37. The number of aldehydes is 1. The first-order chi connectivity index (χ1) is 8.40. The van der Waals surface area contributed by atoms with E-state index in [4.69, 9.17) is 0 Å². The van der Waals surface area contributed by atoms with E-state index in [9.17, 15) is 4.79 Å². The van der Waals surface area contributed by atoms with Crippen LogP contribution in [0.3, 0.4) is 0 Å². The summed E-state index contributed by atoms with van der Waals surface area (Å²) >= 11 is 0. The number of aliphatic imine (C=N–C) groups is 1. The molecule has 1 aliphatic heterocycles. The molecule has 3 heteroatoms. The smallest absolute Gasteiger partial charge is 0.145 e. The molecule has 2 aromatic rings. The van der Waals surface area contributed by atoms with E-state index >= 15 is 0 Å². The summed E-state index contributed by atoms with van der Waals surface area (Å²) < 4.78 is 1.97. The normalized spacial score (nSPS) is 22.1. The second-order valence-electron chi connectivity index (χ2n) is 4.10. The van der Waals surface area contributed by atoms with E-state index in [0.717, 1.165) is 17.5 Å². The third-order valence-corrected chi connectivity index (χ3v) is 3.10. The summed E-state index contributed by atoms with van der Waals surface area (Å²) in [5.74, 6) is 0. The van der Waals surface area contributed by atoms with Crippen LogP contribution in [-0.2, 0) is 4.79 Å². The summed E-state index contributed by atoms with van der Waals surface area (Å²) in [5, 5.41) is 0. The average Bonchev–Trinajstić information content (AvgIpc) is 2.86. The number of aromatic nitrogens is 1. The Morgan fingerprint density at radius 1 is 1.12 bits per heavy atom. The lowest BCUT2D eigenvalue weighted by Gasteiger charge is -2.26. The summed E-state index contributed by atoms with van der Waals surface area (Å²) in [6, 6.07) is 13.5. The molecule has 0 N–H and O–H groups in total. The Morgan fingerprint density at radius 3 is 2.71 bits per heavy atom. The summed E-state index contributed by atoms with van der Waals surface area (Å²) in [6.45, 7) is 0. The molecule has 1 aromatic heterocycles. The lowest BCUT2D eigenvalue weighted by atomic mass is 9.99. The number of carbonyl (C=O) groups excluding carboxylic acids is 1. The van der Waals surface area contributed by atoms with Gasteiger partial charge in [-0.25, -0.2) is 0 Å². The molecule has 0 amide bonds. The van der Waals surface area contributed by atoms with E-state index in [2.05, 4.69) is 4.99 Å². The Balaban J connectivity index is 2.06. The molecular weight excluding hydrogens is 212 g/mol. The number of rotatable bonds is 2. The molecule has 0 saturated heterocycles. The Morgan fingerprint density at radius 2 is 1.94 bits per heavy atom. The van der Waals surface area contributed by atoms with E-state index in [1.165, 1.54) is 0 Å². The van der Waals surface area contributed by atoms with Crippen molar-refractivity contribution in [3.8, 4) is 0 Å². The molecule has 3 rings (SSSR count). The van der Waals surface area contributed by atoms with Crippen molar-refractivity contribution >= 4 is 12.5 Å². The van der Waals surface area contributed by atoms with Gasteiger partial charge in [-0.3, -0.25) is 4.99 Å². The van der Waals surface area contributed by atoms with Gasteiger partial charge in [-0.15, -0.1) is 0 Å². The van der Waals surface area contributed by atoms with Crippen molar-refractivity contribution < 1.29 is 4.79 Å². The van der Waals surface area contributed by atoms with Crippen molar-refractivity contribution in [1.29, 1.82) is 0 Å². The first kappa shape index (κ1) is 10.0. The molecular formula is C14H12N2O. The monoisotopic (exact) mass is 224 g/mol. The van der Waals surface area contributed by atoms with Crippen molar-refractivity contribution in [3.63, 3.8) is 0 Å². The minimum absolute atomic E-state index is 0.117. The molecule has 1 aromatic carbocycles. The fourth-order valence-electron chi connectivity index (χ4n) is 2.26. The molecule has 0 saturated carbocycles. The Labute approximate surface area is 99.4 Å². The van der Waals surface area contributed by atoms with E-state index in [0.29, 0.717) is 0 Å². The predicted molar refractivity (Wildman–Crippen MR) is 66.3 cm³/mol. The van der Waals surface area contributed by atoms with Crippen LogP contribution in [0.5, 0.6) is 0 Å². The van der Waals surface area contributed by atoms with Gasteiger partial charge in [0.15, 0.2) is 0 Å². The van der Waals surface area contributed by atoms with Crippen LogP contribution in [0.4, 0.5) is 0 Å². The fraction of sp³-hybridized carbons (Fsp3) is 0.143. The number of hydrogen-bond donors (Lipinski definition) is 0. The van der Waals surface area contributed by atoms with Crippen LogP contribution in [0.25, 0.3) is 0 Å². The van der Waals surface area contributed by atoms with Gasteiger partial charge < -0.3 is 9.36 Å². The zero-order valence-electron chi connectivity index (χ0n) is 9.23. The highest BCUT2D eigenvalue weighted by atomic mass is 16.1. The van der Waals surface area contributed by atoms with Crippen molar-refractivity contribution in [3.05, 3.63) is 59.9 Å². The second-order valence-corrected chi connectivity index (χ2v) is 4.10. The number of fused-ring (bicyclic) bond motifs is 1. The van der Waals surface area contributed by atoms with Gasteiger partial charge in [0.2, 0.25) is 0 Å². The molecule has 3 nitrogen and oxygen atoms in total. The maximum absolute atomic E-state index is 11.3. The molecule has 2 atom stereocenters. The van der Waals surface area contributed by atoms with E-state index in [-0.39, 0.29) is 12.1 Å². The molecule has 2 heterocycles. The SMILES string of the molecule is O=C[C@@H]1[C@@H](c2ccccc2)N=Cc2cccn21. The molecule has 0 radical (unpaired) electrons. The zero-order valence-corrected chi connectivity index (χ0v) is 9.23. The molecule has 1 aliphatic rings. The lowest BCUT2D eigenvalue weighted by molar-refractivity contribution is -0.111. The van der Waals surface area contributed by atoms with Gasteiger partial charge in [0.05, 0.1) is 5.69 Å². The van der Waals surface area contributed by atoms with Crippen molar-refractivity contribution in [2.45, 2.75) is 12.1 Å². The van der Waals surface area contributed by atoms with Crippen molar-refractivity contribution in [1.82, 2.24) is 4.57 Å². The van der Waals surface area contributed by atoms with Crippen LogP contribution < -0.4 is 0 Å². The lowest BCUT2D eigenvalue weighted by Crippen LogP contribution is -2.23. The number of benzene rings is 1. The van der Waals surface area contributed by atoms with Crippen LogP contribution in [-0.4, -0.2) is 17.1 Å². The van der Waals surface area contributed by atoms with Crippen LogP contribution >= 0.6 is 0 Å². The second kappa shape index (κ2) is 4.01. The van der Waals surface area contributed by atoms with Gasteiger partial charge in [-0.2, -0.15) is 0 Å². The Bertz CT molecular complexity index is 557. The molecule has 0 aliphatic carbocycles. The highest BCUT2D eigenvalue weighted by Gasteiger charge is 2.27. The van der Waals surface area contributed by atoms with Crippen molar-refractivity contribution in [2.75, 3.05) is 0 Å². The number of carbonyl (C=O) groups is 1. The maximum Gasteiger partial charge on any atom is 0.145 e. The number of hydrogen-bond acceptors (Lipinski definition) is 2. The van der Waals surface area contributed by atoms with Gasteiger partial charge in [0, 0.05) is 12.4 Å². The highest BCUT2D eigenvalue weighted by Crippen LogP contribution is 2.32. The van der Waals surface area contributed by atoms with E-state index in [1.807, 2.05) is 59.4 Å². The predicted octanol–water partition coefficient (Wildman–Crippen LogP) is 2.40. The molecule has 0 bridgehead atoms. The third kappa shape index (κ3) is 1.60. The molecule has 84 valence electrons. The van der Waals surface area contributed by atoms with E-state index in [1.54, 1.807) is 0 Å². The standard InChI is InChI=1S/C14H12N2O/c17-10-13-14(11-5-2-1-3-6-11)15-9-12-7-4-8-16(12)13/h1-10,13-14H/t13-,14-/m1/s1. The molecule has 0 spiro atoms. The minimum Gasteiger partial charge on any atom is -0.334 e. The fourth-order valence-corrected chi connectivity index (χ4v) is 2.26. The highest BCUT2D eigenvalue weighted by molar-refractivity contribution is 5.80. The Hall–Kier alpha value is -2.16. The summed E-state index contributed by atoms with van der Waals surface area (Å²) in [6.07, 6.45) is 4.73. The van der Waals surface area contributed by atoms with Gasteiger partial charge in [-0.1, -0.05) is 30.3 Å². The summed E-state index contributed by atoms with van der Waals surface area (Å²) in [7, 11) is 0. The van der Waals surface area contributed by atoms with Gasteiger partial charge in [-0.05, 0) is 17.7 Å². The van der Waals surface area contributed by atoms with Crippen LogP contribution in [0.2, 0.25) is 0 Å². The van der Waals surface area contributed by atoms with Crippen LogP contribution in [0, 0.1) is 0 Å². The molecule has 0 unspecified atom stereocenters. The maximum atomic E-state index is 11.3. The van der Waals surface area contributed by atoms with Crippen LogP contribution in [0.1, 0.15) is 23.3 Å². The van der Waals surface area contributed by atoms with Crippen molar-refractivity contribution in [2.24, 2.45) is 4.99 Å². The zero-order chi connectivity index (χ0) is 11.7. The first-order valence-corrected chi connectivity index (χ1v) is 5.60. The summed E-state index contributed by atoms with van der Waals surface area (Å²) in [5.41, 5.74) is 2.05. The van der Waals surface area contributed by atoms with Gasteiger partial charge in [0.1, 0.15) is 18.4 Å². The summed E-state index contributed by atoms with van der Waals surface area (Å²) in [4.78, 5) is 15.8.